The predicted molar refractivity (Wildman–Crippen MR) is 73.3 cm³/mol. The van der Waals surface area contributed by atoms with Gasteiger partial charge in [0.15, 0.2) is 0 Å². The highest BCUT2D eigenvalue weighted by Gasteiger charge is 2.17. The normalized spacial score (nSPS) is 18.1. The quantitative estimate of drug-likeness (QED) is 0.900. The molecule has 1 N–H and O–H groups in total. The standard InChI is InChI=1S/C12H17ClN2O2S/c13-10-7-11(18-9-10)8-15-5-3-14(4-6-15)2-1-12(16)17/h7,9H,1-6,8H2,(H,16,17). The summed E-state index contributed by atoms with van der Waals surface area (Å²) in [5.41, 5.74) is 0. The van der Waals surface area contributed by atoms with Gasteiger partial charge in [0, 0.05) is 49.5 Å². The fourth-order valence-corrected chi connectivity index (χ4v) is 3.20. The lowest BCUT2D eigenvalue weighted by Crippen LogP contribution is -2.46. The van der Waals surface area contributed by atoms with Crippen molar-refractivity contribution < 1.29 is 9.90 Å². The van der Waals surface area contributed by atoms with E-state index in [1.54, 1.807) is 11.3 Å². The zero-order chi connectivity index (χ0) is 13.0. The SMILES string of the molecule is O=C(O)CCN1CCN(Cc2cc(Cl)cs2)CC1. The van der Waals surface area contributed by atoms with Gasteiger partial charge in [0.1, 0.15) is 0 Å². The van der Waals surface area contributed by atoms with E-state index in [0.29, 0.717) is 6.54 Å². The van der Waals surface area contributed by atoms with Crippen LogP contribution in [0.25, 0.3) is 0 Å². The maximum atomic E-state index is 10.5. The predicted octanol–water partition coefficient (Wildman–Crippen LogP) is 1.99. The Balaban J connectivity index is 1.71. The molecule has 0 spiro atoms. The molecular weight excluding hydrogens is 272 g/mol. The number of halogens is 1. The minimum atomic E-state index is -0.717. The number of carboxylic acids is 1. The Morgan fingerprint density at radius 1 is 1.33 bits per heavy atom. The molecule has 0 radical (unpaired) electrons. The van der Waals surface area contributed by atoms with Crippen molar-refractivity contribution in [2.24, 2.45) is 0 Å². The second-order valence-electron chi connectivity index (χ2n) is 4.49. The highest BCUT2D eigenvalue weighted by molar-refractivity contribution is 7.10. The third-order valence-corrected chi connectivity index (χ3v) is 4.38. The summed E-state index contributed by atoms with van der Waals surface area (Å²) in [5.74, 6) is -0.717. The van der Waals surface area contributed by atoms with E-state index in [-0.39, 0.29) is 6.42 Å². The molecule has 4 nitrogen and oxygen atoms in total. The van der Waals surface area contributed by atoms with E-state index in [4.69, 9.17) is 16.7 Å². The Hall–Kier alpha value is -0.620. The highest BCUT2D eigenvalue weighted by Crippen LogP contribution is 2.21. The van der Waals surface area contributed by atoms with Gasteiger partial charge in [0.2, 0.25) is 0 Å². The molecule has 0 bridgehead atoms. The van der Waals surface area contributed by atoms with Crippen LogP contribution in [0.5, 0.6) is 0 Å². The molecule has 0 atom stereocenters. The van der Waals surface area contributed by atoms with Crippen LogP contribution in [-0.2, 0) is 11.3 Å². The van der Waals surface area contributed by atoms with Crippen LogP contribution >= 0.6 is 22.9 Å². The average molecular weight is 289 g/mol. The first-order valence-electron chi connectivity index (χ1n) is 6.03. The summed E-state index contributed by atoms with van der Waals surface area (Å²) in [5, 5.41) is 11.4. The van der Waals surface area contributed by atoms with Crippen molar-refractivity contribution in [1.82, 2.24) is 9.80 Å². The number of thiophene rings is 1. The van der Waals surface area contributed by atoms with Crippen molar-refractivity contribution >= 4 is 28.9 Å². The molecular formula is C12H17ClN2O2S. The van der Waals surface area contributed by atoms with Crippen molar-refractivity contribution in [3.05, 3.63) is 21.3 Å². The first kappa shape index (κ1) is 13.8. The molecule has 0 aliphatic carbocycles. The van der Waals surface area contributed by atoms with E-state index in [2.05, 4.69) is 9.80 Å². The first-order chi connectivity index (χ1) is 8.63. The molecule has 0 saturated carbocycles. The van der Waals surface area contributed by atoms with Crippen LogP contribution in [0.15, 0.2) is 11.4 Å². The van der Waals surface area contributed by atoms with Gasteiger partial charge in [0.25, 0.3) is 0 Å². The third-order valence-electron chi connectivity index (χ3n) is 3.11. The van der Waals surface area contributed by atoms with Crippen LogP contribution in [0.2, 0.25) is 5.02 Å². The number of hydrogen-bond donors (Lipinski definition) is 1. The highest BCUT2D eigenvalue weighted by atomic mass is 35.5. The molecule has 2 rings (SSSR count). The minimum absolute atomic E-state index is 0.237. The van der Waals surface area contributed by atoms with E-state index in [1.807, 2.05) is 11.4 Å². The molecule has 100 valence electrons. The largest absolute Gasteiger partial charge is 0.481 e. The minimum Gasteiger partial charge on any atom is -0.481 e. The van der Waals surface area contributed by atoms with Gasteiger partial charge in [-0.25, -0.2) is 0 Å². The maximum Gasteiger partial charge on any atom is 0.304 e. The second-order valence-corrected chi connectivity index (χ2v) is 5.92. The molecule has 6 heteroatoms. The van der Waals surface area contributed by atoms with Crippen molar-refractivity contribution in [1.29, 1.82) is 0 Å². The summed E-state index contributed by atoms with van der Waals surface area (Å²) in [6, 6.07) is 2.02. The van der Waals surface area contributed by atoms with Crippen molar-refractivity contribution in [2.45, 2.75) is 13.0 Å². The fourth-order valence-electron chi connectivity index (χ4n) is 2.08. The fraction of sp³-hybridized carbons (Fsp3) is 0.583. The van der Waals surface area contributed by atoms with Crippen LogP contribution in [0.3, 0.4) is 0 Å². The topological polar surface area (TPSA) is 43.8 Å². The zero-order valence-corrected chi connectivity index (χ0v) is 11.7. The Morgan fingerprint density at radius 2 is 2.00 bits per heavy atom. The molecule has 1 aromatic heterocycles. The Labute approximate surface area is 116 Å². The molecule has 1 aliphatic rings. The number of aliphatic carboxylic acids is 1. The van der Waals surface area contributed by atoms with Crippen molar-refractivity contribution in [2.75, 3.05) is 32.7 Å². The van der Waals surface area contributed by atoms with E-state index in [0.717, 1.165) is 37.7 Å². The lowest BCUT2D eigenvalue weighted by molar-refractivity contribution is -0.137. The Bertz CT molecular complexity index is 403. The molecule has 0 amide bonds. The number of carboxylic acid groups (broad SMARTS) is 1. The third kappa shape index (κ3) is 4.24. The number of nitrogens with zero attached hydrogens (tertiary/aromatic N) is 2. The molecule has 0 aromatic carbocycles. The maximum absolute atomic E-state index is 10.5. The van der Waals surface area contributed by atoms with Crippen LogP contribution in [0.4, 0.5) is 0 Å². The monoisotopic (exact) mass is 288 g/mol. The van der Waals surface area contributed by atoms with Gasteiger partial charge in [-0.1, -0.05) is 11.6 Å². The molecule has 2 heterocycles. The lowest BCUT2D eigenvalue weighted by Gasteiger charge is -2.34. The Morgan fingerprint density at radius 3 is 2.56 bits per heavy atom. The van der Waals surface area contributed by atoms with Gasteiger partial charge in [-0.15, -0.1) is 11.3 Å². The van der Waals surface area contributed by atoms with E-state index < -0.39 is 5.97 Å². The van der Waals surface area contributed by atoms with Crippen LogP contribution in [-0.4, -0.2) is 53.6 Å². The summed E-state index contributed by atoms with van der Waals surface area (Å²) < 4.78 is 0. The molecule has 1 fully saturated rings. The summed E-state index contributed by atoms with van der Waals surface area (Å²) >= 11 is 7.59. The first-order valence-corrected chi connectivity index (χ1v) is 7.28. The molecule has 1 aliphatic heterocycles. The summed E-state index contributed by atoms with van der Waals surface area (Å²) in [7, 11) is 0. The molecule has 0 unspecified atom stereocenters. The van der Waals surface area contributed by atoms with E-state index in [1.165, 1.54) is 4.88 Å². The molecule has 1 aromatic rings. The van der Waals surface area contributed by atoms with Crippen molar-refractivity contribution in [3.8, 4) is 0 Å². The zero-order valence-electron chi connectivity index (χ0n) is 10.1. The van der Waals surface area contributed by atoms with Crippen LogP contribution < -0.4 is 0 Å². The summed E-state index contributed by atoms with van der Waals surface area (Å²) in [4.78, 5) is 16.4. The summed E-state index contributed by atoms with van der Waals surface area (Å²) in [6.07, 6.45) is 0.237. The van der Waals surface area contributed by atoms with Gasteiger partial charge in [-0.3, -0.25) is 9.69 Å². The number of hydrogen-bond acceptors (Lipinski definition) is 4. The van der Waals surface area contributed by atoms with Crippen LogP contribution in [0.1, 0.15) is 11.3 Å². The number of carbonyl (C=O) groups is 1. The smallest absolute Gasteiger partial charge is 0.304 e. The van der Waals surface area contributed by atoms with Gasteiger partial charge in [-0.2, -0.15) is 0 Å². The van der Waals surface area contributed by atoms with Crippen LogP contribution in [0, 0.1) is 0 Å². The second kappa shape index (κ2) is 6.52. The van der Waals surface area contributed by atoms with Gasteiger partial charge >= 0.3 is 5.97 Å². The van der Waals surface area contributed by atoms with Gasteiger partial charge in [0.05, 0.1) is 11.4 Å². The van der Waals surface area contributed by atoms with E-state index >= 15 is 0 Å². The number of rotatable bonds is 5. The average Bonchev–Trinajstić information content (AvgIpc) is 2.74. The molecule has 1 saturated heterocycles. The van der Waals surface area contributed by atoms with Crippen molar-refractivity contribution in [3.63, 3.8) is 0 Å². The summed E-state index contributed by atoms with van der Waals surface area (Å²) in [6.45, 7) is 5.50. The van der Waals surface area contributed by atoms with Gasteiger partial charge < -0.3 is 10.0 Å². The van der Waals surface area contributed by atoms with E-state index in [9.17, 15) is 4.79 Å². The molecule has 18 heavy (non-hydrogen) atoms. The van der Waals surface area contributed by atoms with Gasteiger partial charge in [-0.05, 0) is 6.07 Å². The number of piperazine rings is 1. The lowest BCUT2D eigenvalue weighted by atomic mass is 10.3. The Kier molecular flexibility index (Phi) is 5.00.